The van der Waals surface area contributed by atoms with Crippen molar-refractivity contribution >= 4 is 23.2 Å². The number of likely N-dealkylation sites (N-methyl/N-ethyl adjacent to an activating group) is 1. The Balaban J connectivity index is 2.77. The molecule has 0 unspecified atom stereocenters. The van der Waals surface area contributed by atoms with Gasteiger partial charge in [0.1, 0.15) is 0 Å². The summed E-state index contributed by atoms with van der Waals surface area (Å²) in [6, 6.07) is 2.79. The Morgan fingerprint density at radius 1 is 1.39 bits per heavy atom. The molecule has 0 atom stereocenters. The fourth-order valence-electron chi connectivity index (χ4n) is 1.23. The van der Waals surface area contributed by atoms with Gasteiger partial charge in [-0.2, -0.15) is 13.2 Å². The van der Waals surface area contributed by atoms with Crippen LogP contribution in [0.4, 0.5) is 18.9 Å². The minimum atomic E-state index is -4.45. The minimum absolute atomic E-state index is 0.0772. The Morgan fingerprint density at radius 2 is 2.06 bits per heavy atom. The van der Waals surface area contributed by atoms with E-state index < -0.39 is 11.7 Å². The standard InChI is InChI=1S/C11H12ClF3N2O/c1-2-16-6-10(18)17-9-4-3-7(5-8(9)12)11(13,14)15/h3-5,16H,2,6H2,1H3,(H,17,18). The highest BCUT2D eigenvalue weighted by Gasteiger charge is 2.30. The van der Waals surface area contributed by atoms with Gasteiger partial charge in [-0.3, -0.25) is 4.79 Å². The molecule has 0 radical (unpaired) electrons. The van der Waals surface area contributed by atoms with E-state index in [0.29, 0.717) is 6.54 Å². The van der Waals surface area contributed by atoms with Crippen LogP contribution in [-0.4, -0.2) is 19.0 Å². The van der Waals surface area contributed by atoms with Crippen LogP contribution < -0.4 is 10.6 Å². The minimum Gasteiger partial charge on any atom is -0.324 e. The molecule has 100 valence electrons. The Bertz CT molecular complexity index is 435. The first-order valence-corrected chi connectivity index (χ1v) is 5.59. The molecule has 1 aromatic carbocycles. The van der Waals surface area contributed by atoms with Gasteiger partial charge < -0.3 is 10.6 Å². The Labute approximate surface area is 107 Å². The molecule has 3 nitrogen and oxygen atoms in total. The second kappa shape index (κ2) is 6.06. The smallest absolute Gasteiger partial charge is 0.324 e. The summed E-state index contributed by atoms with van der Waals surface area (Å²) in [5, 5.41) is 5.07. The Kier molecular flexibility index (Phi) is 4.98. The quantitative estimate of drug-likeness (QED) is 0.890. The zero-order valence-electron chi connectivity index (χ0n) is 9.57. The molecule has 0 fully saturated rings. The number of hydrogen-bond acceptors (Lipinski definition) is 2. The number of benzene rings is 1. The van der Waals surface area contributed by atoms with Gasteiger partial charge in [-0.15, -0.1) is 0 Å². The van der Waals surface area contributed by atoms with E-state index in [1.165, 1.54) is 0 Å². The molecule has 0 saturated heterocycles. The van der Waals surface area contributed by atoms with Crippen molar-refractivity contribution in [1.29, 1.82) is 0 Å². The number of amides is 1. The maximum atomic E-state index is 12.4. The van der Waals surface area contributed by atoms with Crippen molar-refractivity contribution in [3.05, 3.63) is 28.8 Å². The lowest BCUT2D eigenvalue weighted by Gasteiger charge is -2.11. The molecule has 18 heavy (non-hydrogen) atoms. The van der Waals surface area contributed by atoms with Crippen LogP contribution in [0.15, 0.2) is 18.2 Å². The summed E-state index contributed by atoms with van der Waals surface area (Å²) in [7, 11) is 0. The summed E-state index contributed by atoms with van der Waals surface area (Å²) in [6.07, 6.45) is -4.45. The van der Waals surface area contributed by atoms with Crippen molar-refractivity contribution < 1.29 is 18.0 Å². The molecule has 0 aliphatic rings. The first-order valence-electron chi connectivity index (χ1n) is 5.22. The van der Waals surface area contributed by atoms with Crippen LogP contribution in [0.5, 0.6) is 0 Å². The average Bonchev–Trinajstić information content (AvgIpc) is 2.27. The number of carbonyl (C=O) groups excluding carboxylic acids is 1. The second-order valence-corrected chi connectivity index (χ2v) is 3.93. The van der Waals surface area contributed by atoms with Crippen molar-refractivity contribution in [2.75, 3.05) is 18.4 Å². The predicted octanol–water partition coefficient (Wildman–Crippen LogP) is 2.91. The van der Waals surface area contributed by atoms with Crippen LogP contribution in [0.1, 0.15) is 12.5 Å². The Hall–Kier alpha value is -1.27. The molecular weight excluding hydrogens is 269 g/mol. The van der Waals surface area contributed by atoms with Gasteiger partial charge in [0.05, 0.1) is 22.8 Å². The molecule has 0 aliphatic carbocycles. The molecule has 0 aliphatic heterocycles. The fraction of sp³-hybridized carbons (Fsp3) is 0.364. The third-order valence-electron chi connectivity index (χ3n) is 2.11. The largest absolute Gasteiger partial charge is 0.416 e. The number of halogens is 4. The van der Waals surface area contributed by atoms with Gasteiger partial charge in [-0.05, 0) is 24.7 Å². The molecule has 0 bridgehead atoms. The third-order valence-corrected chi connectivity index (χ3v) is 2.42. The molecule has 0 spiro atoms. The topological polar surface area (TPSA) is 41.1 Å². The average molecular weight is 281 g/mol. The zero-order chi connectivity index (χ0) is 13.8. The van der Waals surface area contributed by atoms with E-state index in [0.717, 1.165) is 18.2 Å². The summed E-state index contributed by atoms with van der Waals surface area (Å²) in [5.41, 5.74) is -0.690. The molecule has 0 heterocycles. The van der Waals surface area contributed by atoms with E-state index in [2.05, 4.69) is 10.6 Å². The van der Waals surface area contributed by atoms with Crippen molar-refractivity contribution in [2.24, 2.45) is 0 Å². The fourth-order valence-corrected chi connectivity index (χ4v) is 1.45. The van der Waals surface area contributed by atoms with Crippen LogP contribution in [0, 0.1) is 0 Å². The van der Waals surface area contributed by atoms with Gasteiger partial charge in [0.2, 0.25) is 5.91 Å². The van der Waals surface area contributed by atoms with Gasteiger partial charge in [-0.1, -0.05) is 18.5 Å². The molecule has 1 amide bonds. The Morgan fingerprint density at radius 3 is 2.56 bits per heavy atom. The highest BCUT2D eigenvalue weighted by atomic mass is 35.5. The summed E-state index contributed by atoms with van der Waals surface area (Å²) in [5.74, 6) is -0.362. The monoisotopic (exact) mass is 280 g/mol. The number of carbonyl (C=O) groups is 1. The lowest BCUT2D eigenvalue weighted by atomic mass is 10.2. The maximum absolute atomic E-state index is 12.4. The molecule has 0 saturated carbocycles. The first kappa shape index (κ1) is 14.8. The third kappa shape index (κ3) is 4.19. The van der Waals surface area contributed by atoms with E-state index in [4.69, 9.17) is 11.6 Å². The molecule has 0 aromatic heterocycles. The molecule has 1 aromatic rings. The van der Waals surface area contributed by atoms with Crippen LogP contribution in [0.25, 0.3) is 0 Å². The van der Waals surface area contributed by atoms with E-state index in [1.807, 2.05) is 6.92 Å². The summed E-state index contributed by atoms with van der Waals surface area (Å²) in [4.78, 5) is 11.4. The number of rotatable bonds is 4. The van der Waals surface area contributed by atoms with Gasteiger partial charge >= 0.3 is 6.18 Å². The normalized spacial score (nSPS) is 11.4. The van der Waals surface area contributed by atoms with E-state index in [1.54, 1.807) is 0 Å². The van der Waals surface area contributed by atoms with E-state index in [9.17, 15) is 18.0 Å². The number of hydrogen-bond donors (Lipinski definition) is 2. The summed E-state index contributed by atoms with van der Waals surface area (Å²) >= 11 is 5.68. The maximum Gasteiger partial charge on any atom is 0.416 e. The van der Waals surface area contributed by atoms with E-state index in [-0.39, 0.29) is 23.2 Å². The first-order chi connectivity index (χ1) is 8.34. The van der Waals surface area contributed by atoms with Crippen LogP contribution in [-0.2, 0) is 11.0 Å². The van der Waals surface area contributed by atoms with Gasteiger partial charge in [0, 0.05) is 0 Å². The lowest BCUT2D eigenvalue weighted by Crippen LogP contribution is -2.27. The van der Waals surface area contributed by atoms with Crippen LogP contribution >= 0.6 is 11.6 Å². The second-order valence-electron chi connectivity index (χ2n) is 3.52. The predicted molar refractivity (Wildman–Crippen MR) is 63.6 cm³/mol. The molecule has 2 N–H and O–H groups in total. The van der Waals surface area contributed by atoms with Gasteiger partial charge in [0.25, 0.3) is 0 Å². The number of nitrogens with one attached hydrogen (secondary N) is 2. The lowest BCUT2D eigenvalue weighted by molar-refractivity contribution is -0.137. The molecular formula is C11H12ClF3N2O. The zero-order valence-corrected chi connectivity index (χ0v) is 10.3. The van der Waals surface area contributed by atoms with Gasteiger partial charge in [-0.25, -0.2) is 0 Å². The highest BCUT2D eigenvalue weighted by molar-refractivity contribution is 6.33. The van der Waals surface area contributed by atoms with Crippen molar-refractivity contribution in [3.63, 3.8) is 0 Å². The van der Waals surface area contributed by atoms with Crippen molar-refractivity contribution in [2.45, 2.75) is 13.1 Å². The summed E-state index contributed by atoms with van der Waals surface area (Å²) < 4.78 is 37.1. The van der Waals surface area contributed by atoms with Gasteiger partial charge in [0.15, 0.2) is 0 Å². The highest BCUT2D eigenvalue weighted by Crippen LogP contribution is 2.33. The van der Waals surface area contributed by atoms with Crippen LogP contribution in [0.3, 0.4) is 0 Å². The summed E-state index contributed by atoms with van der Waals surface area (Å²) in [6.45, 7) is 2.53. The SMILES string of the molecule is CCNCC(=O)Nc1ccc(C(F)(F)F)cc1Cl. The molecule has 7 heteroatoms. The van der Waals surface area contributed by atoms with Crippen molar-refractivity contribution in [3.8, 4) is 0 Å². The number of anilines is 1. The van der Waals surface area contributed by atoms with Crippen LogP contribution in [0.2, 0.25) is 5.02 Å². The van der Waals surface area contributed by atoms with E-state index >= 15 is 0 Å². The van der Waals surface area contributed by atoms with Crippen molar-refractivity contribution in [1.82, 2.24) is 5.32 Å². The number of alkyl halides is 3. The molecule has 1 rings (SSSR count).